The molecular weight excluding hydrogens is 188 g/mol. The van der Waals surface area contributed by atoms with Crippen molar-refractivity contribution in [1.82, 2.24) is 0 Å². The molecule has 1 unspecified atom stereocenters. The van der Waals surface area contributed by atoms with E-state index < -0.39 is 5.60 Å². The number of aliphatic hydroxyl groups excluding tert-OH is 1. The van der Waals surface area contributed by atoms with E-state index in [2.05, 4.69) is 0 Å². The van der Waals surface area contributed by atoms with Crippen molar-refractivity contribution in [2.75, 3.05) is 6.61 Å². The van der Waals surface area contributed by atoms with Gasteiger partial charge in [0.15, 0.2) is 0 Å². The molecular formula is C10H11ClO2. The van der Waals surface area contributed by atoms with Crippen LogP contribution in [0, 0.1) is 0 Å². The fraction of sp³-hybridized carbons (Fsp3) is 0.400. The summed E-state index contributed by atoms with van der Waals surface area (Å²) in [6, 6.07) is 5.45. The Kier molecular flexibility index (Phi) is 2.06. The van der Waals surface area contributed by atoms with Gasteiger partial charge in [0, 0.05) is 5.02 Å². The van der Waals surface area contributed by atoms with Gasteiger partial charge in [0.1, 0.15) is 5.60 Å². The lowest BCUT2D eigenvalue weighted by Gasteiger charge is -2.20. The monoisotopic (exact) mass is 198 g/mol. The minimum atomic E-state index is -1.07. The van der Waals surface area contributed by atoms with Gasteiger partial charge in [-0.05, 0) is 36.1 Å². The summed E-state index contributed by atoms with van der Waals surface area (Å²) in [4.78, 5) is 0. The highest BCUT2D eigenvalue weighted by atomic mass is 35.5. The molecule has 2 N–H and O–H groups in total. The zero-order valence-electron chi connectivity index (χ0n) is 7.13. The van der Waals surface area contributed by atoms with Crippen LogP contribution < -0.4 is 0 Å². The molecule has 3 heteroatoms. The smallest absolute Gasteiger partial charge is 0.113 e. The van der Waals surface area contributed by atoms with E-state index >= 15 is 0 Å². The average Bonchev–Trinajstić information content (AvgIpc) is 2.45. The van der Waals surface area contributed by atoms with E-state index in [1.165, 1.54) is 0 Å². The largest absolute Gasteiger partial charge is 0.393 e. The minimum absolute atomic E-state index is 0.236. The Balaban J connectivity index is 2.52. The summed E-state index contributed by atoms with van der Waals surface area (Å²) in [6.45, 7) is -0.236. The van der Waals surface area contributed by atoms with E-state index in [0.29, 0.717) is 11.4 Å². The molecule has 0 heterocycles. The van der Waals surface area contributed by atoms with Crippen molar-refractivity contribution in [3.8, 4) is 0 Å². The number of rotatable bonds is 1. The quantitative estimate of drug-likeness (QED) is 0.718. The number of benzene rings is 1. The van der Waals surface area contributed by atoms with Crippen LogP contribution in [0.2, 0.25) is 5.02 Å². The van der Waals surface area contributed by atoms with E-state index in [9.17, 15) is 5.11 Å². The van der Waals surface area contributed by atoms with Gasteiger partial charge in [-0.15, -0.1) is 0 Å². The van der Waals surface area contributed by atoms with Crippen LogP contribution in [0.4, 0.5) is 0 Å². The molecule has 1 atom stereocenters. The summed E-state index contributed by atoms with van der Waals surface area (Å²) in [7, 11) is 0. The van der Waals surface area contributed by atoms with Gasteiger partial charge in [0.2, 0.25) is 0 Å². The number of hydrogen-bond acceptors (Lipinski definition) is 2. The third-order valence-corrected chi connectivity index (χ3v) is 2.88. The van der Waals surface area contributed by atoms with E-state index in [4.69, 9.17) is 16.7 Å². The molecule has 2 nitrogen and oxygen atoms in total. The first-order valence-electron chi connectivity index (χ1n) is 4.28. The predicted octanol–water partition coefficient (Wildman–Crippen LogP) is 1.47. The molecule has 0 saturated heterocycles. The van der Waals surface area contributed by atoms with Crippen LogP contribution in [0.15, 0.2) is 18.2 Å². The van der Waals surface area contributed by atoms with Crippen molar-refractivity contribution in [1.29, 1.82) is 0 Å². The second kappa shape index (κ2) is 2.98. The van der Waals surface area contributed by atoms with Crippen molar-refractivity contribution in [3.63, 3.8) is 0 Å². The van der Waals surface area contributed by atoms with E-state index in [1.54, 1.807) is 6.07 Å². The van der Waals surface area contributed by atoms with Crippen molar-refractivity contribution in [2.24, 2.45) is 0 Å². The zero-order chi connectivity index (χ0) is 9.47. The molecule has 0 radical (unpaired) electrons. The second-order valence-electron chi connectivity index (χ2n) is 3.49. The number of hydrogen-bond donors (Lipinski definition) is 2. The average molecular weight is 199 g/mol. The molecule has 1 aromatic carbocycles. The lowest BCUT2D eigenvalue weighted by atomic mass is 9.97. The highest BCUT2D eigenvalue weighted by molar-refractivity contribution is 6.30. The first kappa shape index (κ1) is 9.00. The first-order chi connectivity index (χ1) is 6.15. The van der Waals surface area contributed by atoms with Gasteiger partial charge in [0.25, 0.3) is 0 Å². The van der Waals surface area contributed by atoms with E-state index in [0.717, 1.165) is 17.5 Å². The fourth-order valence-corrected chi connectivity index (χ4v) is 2.01. The molecule has 1 aliphatic carbocycles. The first-order valence-corrected chi connectivity index (χ1v) is 4.66. The Morgan fingerprint density at radius 1 is 1.46 bits per heavy atom. The van der Waals surface area contributed by atoms with Crippen LogP contribution in [0.25, 0.3) is 0 Å². The van der Waals surface area contributed by atoms with Gasteiger partial charge in [-0.25, -0.2) is 0 Å². The molecule has 2 rings (SSSR count). The van der Waals surface area contributed by atoms with Crippen molar-refractivity contribution >= 4 is 11.6 Å². The summed E-state index contributed by atoms with van der Waals surface area (Å²) in [5.41, 5.74) is 0.795. The van der Waals surface area contributed by atoms with Crippen LogP contribution in [-0.2, 0) is 12.0 Å². The Labute approximate surface area is 81.8 Å². The van der Waals surface area contributed by atoms with Gasteiger partial charge in [-0.1, -0.05) is 17.7 Å². The highest BCUT2D eigenvalue weighted by Crippen LogP contribution is 2.37. The molecule has 0 aromatic heterocycles. The molecule has 0 aliphatic heterocycles. The van der Waals surface area contributed by atoms with Crippen LogP contribution in [-0.4, -0.2) is 16.8 Å². The Morgan fingerprint density at radius 3 is 2.92 bits per heavy atom. The van der Waals surface area contributed by atoms with Gasteiger partial charge >= 0.3 is 0 Å². The minimum Gasteiger partial charge on any atom is -0.393 e. The zero-order valence-corrected chi connectivity index (χ0v) is 7.88. The third-order valence-electron chi connectivity index (χ3n) is 2.64. The molecule has 0 amide bonds. The third kappa shape index (κ3) is 1.35. The van der Waals surface area contributed by atoms with Gasteiger partial charge in [0.05, 0.1) is 6.61 Å². The molecule has 0 saturated carbocycles. The van der Waals surface area contributed by atoms with Gasteiger partial charge < -0.3 is 10.2 Å². The van der Waals surface area contributed by atoms with Crippen molar-refractivity contribution in [2.45, 2.75) is 18.4 Å². The van der Waals surface area contributed by atoms with E-state index in [-0.39, 0.29) is 6.61 Å². The van der Waals surface area contributed by atoms with Gasteiger partial charge in [-0.2, -0.15) is 0 Å². The maximum Gasteiger partial charge on any atom is 0.113 e. The Bertz CT molecular complexity index is 338. The number of halogens is 1. The van der Waals surface area contributed by atoms with E-state index in [1.807, 2.05) is 12.1 Å². The number of aliphatic hydroxyl groups is 2. The van der Waals surface area contributed by atoms with Crippen LogP contribution in [0.1, 0.15) is 17.5 Å². The van der Waals surface area contributed by atoms with Crippen molar-refractivity contribution < 1.29 is 10.2 Å². The van der Waals surface area contributed by atoms with Crippen LogP contribution >= 0.6 is 11.6 Å². The molecule has 13 heavy (non-hydrogen) atoms. The standard InChI is InChI=1S/C10H11ClO2/c11-8-2-1-7-3-4-10(13,6-12)9(7)5-8/h1-2,5,12-13H,3-4,6H2. The maximum absolute atomic E-state index is 9.97. The summed E-state index contributed by atoms with van der Waals surface area (Å²) in [5, 5.41) is 19.6. The molecule has 0 spiro atoms. The number of aryl methyl sites for hydroxylation is 1. The maximum atomic E-state index is 9.97. The molecule has 0 fully saturated rings. The van der Waals surface area contributed by atoms with Gasteiger partial charge in [-0.3, -0.25) is 0 Å². The fourth-order valence-electron chi connectivity index (χ4n) is 1.84. The highest BCUT2D eigenvalue weighted by Gasteiger charge is 2.35. The summed E-state index contributed by atoms with van der Waals surface area (Å²) >= 11 is 5.81. The Morgan fingerprint density at radius 2 is 2.23 bits per heavy atom. The molecule has 1 aromatic rings. The Hall–Kier alpha value is -0.570. The SMILES string of the molecule is OCC1(O)CCc2ccc(Cl)cc21. The van der Waals surface area contributed by atoms with Crippen molar-refractivity contribution in [3.05, 3.63) is 34.3 Å². The topological polar surface area (TPSA) is 40.5 Å². The molecule has 1 aliphatic rings. The van der Waals surface area contributed by atoms with Crippen LogP contribution in [0.3, 0.4) is 0 Å². The predicted molar refractivity (Wildman–Crippen MR) is 50.8 cm³/mol. The summed E-state index contributed by atoms with van der Waals surface area (Å²) in [6.07, 6.45) is 1.39. The second-order valence-corrected chi connectivity index (χ2v) is 3.93. The lowest BCUT2D eigenvalue weighted by Crippen LogP contribution is -2.26. The summed E-state index contributed by atoms with van der Waals surface area (Å²) < 4.78 is 0. The summed E-state index contributed by atoms with van der Waals surface area (Å²) in [5.74, 6) is 0. The molecule has 70 valence electrons. The molecule has 0 bridgehead atoms. The lowest BCUT2D eigenvalue weighted by molar-refractivity contribution is -0.0171. The number of fused-ring (bicyclic) bond motifs is 1. The normalized spacial score (nSPS) is 26.1. The van der Waals surface area contributed by atoms with Crippen LogP contribution in [0.5, 0.6) is 0 Å².